The van der Waals surface area contributed by atoms with E-state index in [1.165, 1.54) is 0 Å². The van der Waals surface area contributed by atoms with Gasteiger partial charge in [0.05, 0.1) is 23.9 Å². The van der Waals surface area contributed by atoms with Crippen LogP contribution in [0.2, 0.25) is 0 Å². The number of carbonyl (C=O) groups excluding carboxylic acids is 1. The molecule has 0 bridgehead atoms. The first-order valence-corrected chi connectivity index (χ1v) is 9.43. The van der Waals surface area contributed by atoms with Gasteiger partial charge in [-0.15, -0.1) is 23.1 Å². The molecule has 0 fully saturated rings. The summed E-state index contributed by atoms with van der Waals surface area (Å²) in [5, 5.41) is 3.88. The van der Waals surface area contributed by atoms with Crippen LogP contribution in [0.25, 0.3) is 10.2 Å². The van der Waals surface area contributed by atoms with E-state index in [1.807, 2.05) is 48.5 Å². The van der Waals surface area contributed by atoms with Crippen LogP contribution in [0.4, 0.5) is 0 Å². The molecule has 0 saturated heterocycles. The highest BCUT2D eigenvalue weighted by Gasteiger charge is 2.06. The number of carbonyl (C=O) groups is 1. The van der Waals surface area contributed by atoms with E-state index in [0.717, 1.165) is 31.6 Å². The van der Waals surface area contributed by atoms with E-state index >= 15 is 0 Å². The normalized spacial score (nSPS) is 10.7. The van der Waals surface area contributed by atoms with E-state index in [9.17, 15) is 4.79 Å². The first kappa shape index (κ1) is 16.8. The van der Waals surface area contributed by atoms with E-state index < -0.39 is 0 Å². The molecule has 0 radical (unpaired) electrons. The summed E-state index contributed by atoms with van der Waals surface area (Å²) in [7, 11) is 1.65. The number of fused-ring (bicyclic) bond motifs is 1. The molecule has 24 heavy (non-hydrogen) atoms. The fourth-order valence-electron chi connectivity index (χ4n) is 2.19. The third-order valence-electron chi connectivity index (χ3n) is 3.43. The Morgan fingerprint density at radius 2 is 2.00 bits per heavy atom. The molecule has 4 nitrogen and oxygen atoms in total. The van der Waals surface area contributed by atoms with Crippen molar-refractivity contribution in [3.8, 4) is 5.75 Å². The van der Waals surface area contributed by atoms with Crippen molar-refractivity contribution in [3.63, 3.8) is 0 Å². The molecule has 3 aromatic rings. The van der Waals surface area contributed by atoms with Gasteiger partial charge in [-0.1, -0.05) is 12.1 Å². The Hall–Kier alpha value is -2.05. The average molecular weight is 358 g/mol. The van der Waals surface area contributed by atoms with Crippen LogP contribution in [0.3, 0.4) is 0 Å². The number of methoxy groups -OCH3 is 1. The molecular weight excluding hydrogens is 340 g/mol. The van der Waals surface area contributed by atoms with Crippen LogP contribution in [0, 0.1) is 0 Å². The maximum Gasteiger partial charge on any atom is 0.221 e. The Morgan fingerprint density at radius 3 is 2.75 bits per heavy atom. The van der Waals surface area contributed by atoms with Crippen molar-refractivity contribution in [2.75, 3.05) is 12.9 Å². The second kappa shape index (κ2) is 8.17. The van der Waals surface area contributed by atoms with Crippen LogP contribution in [-0.4, -0.2) is 23.8 Å². The standard InChI is InChI=1S/C18H18N2O2S2/c1-22-13-6-8-14(9-7-13)23-11-10-17(21)19-12-18-20-15-4-2-3-5-16(15)24-18/h2-9H,10-12H2,1H3,(H,19,21). The predicted molar refractivity (Wildman–Crippen MR) is 99.8 cm³/mol. The molecule has 0 aliphatic heterocycles. The third kappa shape index (κ3) is 4.49. The van der Waals surface area contributed by atoms with Gasteiger partial charge in [-0.3, -0.25) is 4.79 Å². The van der Waals surface area contributed by atoms with Crippen molar-refractivity contribution in [3.05, 3.63) is 53.5 Å². The minimum atomic E-state index is 0.0512. The zero-order valence-electron chi connectivity index (χ0n) is 13.3. The number of ether oxygens (including phenoxy) is 1. The van der Waals surface area contributed by atoms with Gasteiger partial charge < -0.3 is 10.1 Å². The molecule has 1 N–H and O–H groups in total. The van der Waals surface area contributed by atoms with Crippen LogP contribution in [0.1, 0.15) is 11.4 Å². The molecule has 1 heterocycles. The number of para-hydroxylation sites is 1. The zero-order valence-corrected chi connectivity index (χ0v) is 15.0. The van der Waals surface area contributed by atoms with E-state index in [0.29, 0.717) is 13.0 Å². The van der Waals surface area contributed by atoms with Crippen LogP contribution in [0.5, 0.6) is 5.75 Å². The number of amides is 1. The zero-order chi connectivity index (χ0) is 16.8. The van der Waals surface area contributed by atoms with E-state index in [4.69, 9.17) is 4.74 Å². The number of aromatic nitrogens is 1. The van der Waals surface area contributed by atoms with Gasteiger partial charge in [0.25, 0.3) is 0 Å². The lowest BCUT2D eigenvalue weighted by molar-refractivity contribution is -0.120. The molecule has 6 heteroatoms. The number of benzene rings is 2. The third-order valence-corrected chi connectivity index (χ3v) is 5.48. The SMILES string of the molecule is COc1ccc(SCCC(=O)NCc2nc3ccccc3s2)cc1. The molecule has 1 amide bonds. The average Bonchev–Trinajstić information content (AvgIpc) is 3.03. The lowest BCUT2D eigenvalue weighted by Crippen LogP contribution is -2.22. The number of hydrogen-bond acceptors (Lipinski definition) is 5. The number of thiazole rings is 1. The van der Waals surface area contributed by atoms with Gasteiger partial charge in [0.15, 0.2) is 0 Å². The predicted octanol–water partition coefficient (Wildman–Crippen LogP) is 4.10. The van der Waals surface area contributed by atoms with Gasteiger partial charge in [0.2, 0.25) is 5.91 Å². The van der Waals surface area contributed by atoms with Crippen molar-refractivity contribution in [1.82, 2.24) is 10.3 Å². The van der Waals surface area contributed by atoms with Gasteiger partial charge in [-0.25, -0.2) is 4.98 Å². The number of thioether (sulfide) groups is 1. The van der Waals surface area contributed by atoms with Gasteiger partial charge in [-0.05, 0) is 36.4 Å². The molecule has 0 aliphatic rings. The number of rotatable bonds is 7. The van der Waals surface area contributed by atoms with Crippen LogP contribution < -0.4 is 10.1 Å². The van der Waals surface area contributed by atoms with Crippen LogP contribution in [0.15, 0.2) is 53.4 Å². The van der Waals surface area contributed by atoms with Gasteiger partial charge >= 0.3 is 0 Å². The van der Waals surface area contributed by atoms with Crippen molar-refractivity contribution in [1.29, 1.82) is 0 Å². The van der Waals surface area contributed by atoms with Crippen LogP contribution >= 0.6 is 23.1 Å². The summed E-state index contributed by atoms with van der Waals surface area (Å²) in [5.41, 5.74) is 0.988. The molecular formula is C18H18N2O2S2. The van der Waals surface area contributed by atoms with Crippen molar-refractivity contribution in [2.45, 2.75) is 17.9 Å². The van der Waals surface area contributed by atoms with Gasteiger partial charge in [0, 0.05) is 17.1 Å². The fraction of sp³-hybridized carbons (Fsp3) is 0.222. The Morgan fingerprint density at radius 1 is 1.21 bits per heavy atom. The quantitative estimate of drug-likeness (QED) is 0.646. The summed E-state index contributed by atoms with van der Waals surface area (Å²) in [5.74, 6) is 1.64. The summed E-state index contributed by atoms with van der Waals surface area (Å²) < 4.78 is 6.28. The molecule has 0 unspecified atom stereocenters. The first-order valence-electron chi connectivity index (χ1n) is 7.62. The second-order valence-corrected chi connectivity index (χ2v) is 7.41. The van der Waals surface area contributed by atoms with E-state index in [2.05, 4.69) is 10.3 Å². The minimum absolute atomic E-state index is 0.0512. The lowest BCUT2D eigenvalue weighted by Gasteiger charge is -2.04. The largest absolute Gasteiger partial charge is 0.497 e. The summed E-state index contributed by atoms with van der Waals surface area (Å²) in [6.45, 7) is 0.491. The molecule has 124 valence electrons. The highest BCUT2D eigenvalue weighted by molar-refractivity contribution is 7.99. The summed E-state index contributed by atoms with van der Waals surface area (Å²) in [6, 6.07) is 15.9. The Kier molecular flexibility index (Phi) is 5.72. The van der Waals surface area contributed by atoms with Crippen LogP contribution in [-0.2, 0) is 11.3 Å². The monoisotopic (exact) mass is 358 g/mol. The minimum Gasteiger partial charge on any atom is -0.497 e. The topological polar surface area (TPSA) is 51.2 Å². The Bertz CT molecular complexity index is 782. The summed E-state index contributed by atoms with van der Waals surface area (Å²) in [6.07, 6.45) is 0.488. The number of nitrogens with zero attached hydrogens (tertiary/aromatic N) is 1. The number of hydrogen-bond donors (Lipinski definition) is 1. The molecule has 0 spiro atoms. The van der Waals surface area contributed by atoms with Gasteiger partial charge in [0.1, 0.15) is 10.8 Å². The molecule has 3 rings (SSSR count). The molecule has 1 aromatic heterocycles. The molecule has 2 aromatic carbocycles. The van der Waals surface area contributed by atoms with Crippen molar-refractivity contribution >= 4 is 39.2 Å². The molecule has 0 atom stereocenters. The second-order valence-electron chi connectivity index (χ2n) is 5.13. The molecule has 0 saturated carbocycles. The summed E-state index contributed by atoms with van der Waals surface area (Å²) >= 11 is 3.28. The highest BCUT2D eigenvalue weighted by atomic mass is 32.2. The fourth-order valence-corrected chi connectivity index (χ4v) is 3.95. The number of nitrogens with one attached hydrogen (secondary N) is 1. The Labute approximate surface area is 149 Å². The van der Waals surface area contributed by atoms with E-state index in [-0.39, 0.29) is 5.91 Å². The lowest BCUT2D eigenvalue weighted by atomic mass is 10.3. The maximum absolute atomic E-state index is 12.0. The first-order chi connectivity index (χ1) is 11.7. The van der Waals surface area contributed by atoms with Crippen molar-refractivity contribution < 1.29 is 9.53 Å². The summed E-state index contributed by atoms with van der Waals surface area (Å²) in [4.78, 5) is 17.6. The van der Waals surface area contributed by atoms with E-state index in [1.54, 1.807) is 30.2 Å². The maximum atomic E-state index is 12.0. The Balaban J connectivity index is 1.42. The smallest absolute Gasteiger partial charge is 0.221 e. The van der Waals surface area contributed by atoms with Crippen molar-refractivity contribution in [2.24, 2.45) is 0 Å². The molecule has 0 aliphatic carbocycles. The highest BCUT2D eigenvalue weighted by Crippen LogP contribution is 2.22. The van der Waals surface area contributed by atoms with Gasteiger partial charge in [-0.2, -0.15) is 0 Å².